The van der Waals surface area contributed by atoms with E-state index in [1.807, 2.05) is 0 Å². The lowest BCUT2D eigenvalue weighted by Crippen LogP contribution is -2.33. The second-order valence-electron chi connectivity index (χ2n) is 5.48. The number of nitrogens with one attached hydrogen (secondary N) is 1. The van der Waals surface area contributed by atoms with E-state index in [1.54, 1.807) is 12.1 Å². The molecule has 1 aromatic rings. The Morgan fingerprint density at radius 1 is 1.24 bits per heavy atom. The first kappa shape index (κ1) is 15.0. The van der Waals surface area contributed by atoms with Crippen molar-refractivity contribution in [2.45, 2.75) is 37.7 Å². The number of anilines is 1. The molecule has 3 rings (SSSR count). The molecule has 0 saturated carbocycles. The van der Waals surface area contributed by atoms with Gasteiger partial charge in [-0.3, -0.25) is 4.90 Å². The molecule has 3 nitrogen and oxygen atoms in total. The van der Waals surface area contributed by atoms with E-state index < -0.39 is 6.36 Å². The highest BCUT2D eigenvalue weighted by atomic mass is 79.9. The Labute approximate surface area is 129 Å². The largest absolute Gasteiger partial charge is 0.573 e. The van der Waals surface area contributed by atoms with Crippen LogP contribution >= 0.6 is 15.9 Å². The SMILES string of the molecule is FC(F)(F)Oc1ccc(NC2CCN3CCCC23)cc1Br. The van der Waals surface area contributed by atoms with Crippen molar-refractivity contribution in [3.05, 3.63) is 22.7 Å². The maximum Gasteiger partial charge on any atom is 0.573 e. The summed E-state index contributed by atoms with van der Waals surface area (Å²) in [6.45, 7) is 2.25. The normalized spacial score (nSPS) is 25.9. The summed E-state index contributed by atoms with van der Waals surface area (Å²) >= 11 is 3.13. The van der Waals surface area contributed by atoms with Gasteiger partial charge in [-0.15, -0.1) is 13.2 Å². The van der Waals surface area contributed by atoms with E-state index in [1.165, 1.54) is 18.9 Å². The van der Waals surface area contributed by atoms with Gasteiger partial charge < -0.3 is 10.1 Å². The highest BCUT2D eigenvalue weighted by Crippen LogP contribution is 2.34. The Kier molecular flexibility index (Phi) is 4.05. The summed E-state index contributed by atoms with van der Waals surface area (Å²) in [4.78, 5) is 2.48. The maximum atomic E-state index is 12.2. The van der Waals surface area contributed by atoms with Crippen molar-refractivity contribution in [2.24, 2.45) is 0 Å². The third kappa shape index (κ3) is 3.45. The number of hydrogen-bond acceptors (Lipinski definition) is 3. The van der Waals surface area contributed by atoms with E-state index in [0.717, 1.165) is 25.2 Å². The van der Waals surface area contributed by atoms with Crippen LogP contribution in [0.3, 0.4) is 0 Å². The summed E-state index contributed by atoms with van der Waals surface area (Å²) in [7, 11) is 0. The van der Waals surface area contributed by atoms with Crippen LogP contribution in [0, 0.1) is 0 Å². The minimum Gasteiger partial charge on any atom is -0.405 e. The van der Waals surface area contributed by atoms with Gasteiger partial charge in [-0.25, -0.2) is 0 Å². The van der Waals surface area contributed by atoms with Gasteiger partial charge in [0.15, 0.2) is 0 Å². The minimum atomic E-state index is -4.67. The van der Waals surface area contributed by atoms with Gasteiger partial charge in [0.1, 0.15) is 5.75 Å². The van der Waals surface area contributed by atoms with Crippen molar-refractivity contribution >= 4 is 21.6 Å². The maximum absolute atomic E-state index is 12.2. The number of alkyl halides is 3. The molecule has 1 aromatic carbocycles. The lowest BCUT2D eigenvalue weighted by atomic mass is 10.1. The molecule has 2 unspecified atom stereocenters. The average Bonchev–Trinajstić information content (AvgIpc) is 2.96. The second-order valence-corrected chi connectivity index (χ2v) is 6.33. The molecule has 0 radical (unpaired) electrons. The molecule has 7 heteroatoms. The number of hydrogen-bond donors (Lipinski definition) is 1. The van der Waals surface area contributed by atoms with Crippen LogP contribution in [0.15, 0.2) is 22.7 Å². The molecule has 0 amide bonds. The van der Waals surface area contributed by atoms with Gasteiger partial charge in [0.25, 0.3) is 0 Å². The van der Waals surface area contributed by atoms with Crippen molar-refractivity contribution in [3.63, 3.8) is 0 Å². The zero-order valence-electron chi connectivity index (χ0n) is 11.3. The van der Waals surface area contributed by atoms with E-state index in [0.29, 0.717) is 16.6 Å². The van der Waals surface area contributed by atoms with Crippen molar-refractivity contribution in [2.75, 3.05) is 18.4 Å². The van der Waals surface area contributed by atoms with Crippen LogP contribution in [-0.4, -0.2) is 36.4 Å². The number of ether oxygens (including phenoxy) is 1. The topological polar surface area (TPSA) is 24.5 Å². The first-order chi connectivity index (χ1) is 9.92. The molecular formula is C14H16BrF3N2O. The molecular weight excluding hydrogens is 349 g/mol. The predicted molar refractivity (Wildman–Crippen MR) is 77.4 cm³/mol. The Morgan fingerprint density at radius 3 is 2.76 bits per heavy atom. The van der Waals surface area contributed by atoms with Gasteiger partial charge in [-0.05, 0) is 59.9 Å². The van der Waals surface area contributed by atoms with Gasteiger partial charge in [0, 0.05) is 24.3 Å². The Bertz CT molecular complexity index is 523. The standard InChI is InChI=1S/C14H16BrF3N2O/c15-10-8-9(3-4-13(10)21-14(16,17)18)19-11-5-7-20-6-1-2-12(11)20/h3-4,8,11-12,19H,1-2,5-7H2. The van der Waals surface area contributed by atoms with Crippen molar-refractivity contribution < 1.29 is 17.9 Å². The van der Waals surface area contributed by atoms with Crippen LogP contribution in [0.4, 0.5) is 18.9 Å². The number of benzene rings is 1. The molecule has 2 aliphatic rings. The summed E-state index contributed by atoms with van der Waals surface area (Å²) in [6.07, 6.45) is -1.19. The third-order valence-corrected chi connectivity index (χ3v) is 4.74. The summed E-state index contributed by atoms with van der Waals surface area (Å²) < 4.78 is 40.9. The molecule has 2 fully saturated rings. The molecule has 2 heterocycles. The predicted octanol–water partition coefficient (Wildman–Crippen LogP) is 4.00. The molecule has 0 spiro atoms. The van der Waals surface area contributed by atoms with Crippen molar-refractivity contribution in [3.8, 4) is 5.75 Å². The van der Waals surface area contributed by atoms with E-state index in [2.05, 4.69) is 30.9 Å². The molecule has 0 aromatic heterocycles. The molecule has 21 heavy (non-hydrogen) atoms. The fraction of sp³-hybridized carbons (Fsp3) is 0.571. The first-order valence-corrected chi connectivity index (χ1v) is 7.77. The van der Waals surface area contributed by atoms with E-state index in [9.17, 15) is 13.2 Å². The molecule has 0 bridgehead atoms. The lowest BCUT2D eigenvalue weighted by molar-refractivity contribution is -0.274. The van der Waals surface area contributed by atoms with Gasteiger partial charge >= 0.3 is 6.36 Å². The molecule has 2 atom stereocenters. The number of halogens is 4. The van der Waals surface area contributed by atoms with Crippen molar-refractivity contribution in [1.82, 2.24) is 4.90 Å². The van der Waals surface area contributed by atoms with Crippen molar-refractivity contribution in [1.29, 1.82) is 0 Å². The third-order valence-electron chi connectivity index (χ3n) is 4.12. The summed E-state index contributed by atoms with van der Waals surface area (Å²) in [6, 6.07) is 5.52. The molecule has 116 valence electrons. The number of rotatable bonds is 3. The van der Waals surface area contributed by atoms with Crippen LogP contribution in [0.1, 0.15) is 19.3 Å². The fourth-order valence-electron chi connectivity index (χ4n) is 3.26. The smallest absolute Gasteiger partial charge is 0.405 e. The average molecular weight is 365 g/mol. The van der Waals surface area contributed by atoms with Gasteiger partial charge in [-0.2, -0.15) is 0 Å². The fourth-order valence-corrected chi connectivity index (χ4v) is 3.72. The number of fused-ring (bicyclic) bond motifs is 1. The molecule has 1 N–H and O–H groups in total. The summed E-state index contributed by atoms with van der Waals surface area (Å²) in [5, 5.41) is 3.43. The highest BCUT2D eigenvalue weighted by Gasteiger charge is 2.37. The van der Waals surface area contributed by atoms with Crippen LogP contribution in [-0.2, 0) is 0 Å². The van der Waals surface area contributed by atoms with E-state index in [4.69, 9.17) is 0 Å². The summed E-state index contributed by atoms with van der Waals surface area (Å²) in [5.41, 5.74) is 0.815. The van der Waals surface area contributed by atoms with Gasteiger partial charge in [0.2, 0.25) is 0 Å². The minimum absolute atomic E-state index is 0.220. The zero-order valence-corrected chi connectivity index (χ0v) is 12.9. The summed E-state index contributed by atoms with van der Waals surface area (Å²) in [5.74, 6) is -0.220. The first-order valence-electron chi connectivity index (χ1n) is 6.98. The highest BCUT2D eigenvalue weighted by molar-refractivity contribution is 9.10. The zero-order chi connectivity index (χ0) is 15.0. The Balaban J connectivity index is 1.68. The van der Waals surface area contributed by atoms with E-state index in [-0.39, 0.29) is 5.75 Å². The van der Waals surface area contributed by atoms with Crippen LogP contribution in [0.2, 0.25) is 0 Å². The quantitative estimate of drug-likeness (QED) is 0.877. The Hall–Kier alpha value is -0.950. The van der Waals surface area contributed by atoms with Crippen LogP contribution in [0.5, 0.6) is 5.75 Å². The molecule has 2 saturated heterocycles. The van der Waals surface area contributed by atoms with Crippen LogP contribution < -0.4 is 10.1 Å². The van der Waals surface area contributed by atoms with Gasteiger partial charge in [0.05, 0.1) is 4.47 Å². The van der Waals surface area contributed by atoms with Crippen LogP contribution in [0.25, 0.3) is 0 Å². The lowest BCUT2D eigenvalue weighted by Gasteiger charge is -2.22. The molecule has 2 aliphatic heterocycles. The Morgan fingerprint density at radius 2 is 2.05 bits per heavy atom. The monoisotopic (exact) mass is 364 g/mol. The number of nitrogens with zero attached hydrogens (tertiary/aromatic N) is 1. The molecule has 0 aliphatic carbocycles. The second kappa shape index (κ2) is 5.68. The van der Waals surface area contributed by atoms with E-state index >= 15 is 0 Å². The van der Waals surface area contributed by atoms with Gasteiger partial charge in [-0.1, -0.05) is 0 Å².